The number of carbonyl (C=O) groups excluding carboxylic acids is 1. The fourth-order valence-corrected chi connectivity index (χ4v) is 0.926. The largest absolute Gasteiger partial charge is 0.480 e. The Morgan fingerprint density at radius 3 is 2.07 bits per heavy atom. The maximum atomic E-state index is 12.0. The summed E-state index contributed by atoms with van der Waals surface area (Å²) in [6.07, 6.45) is -6.48. The Bertz CT molecular complexity index is 261. The maximum absolute atomic E-state index is 12.0. The quantitative estimate of drug-likeness (QED) is 0.586. The number of carboxylic acids is 1. The Morgan fingerprint density at radius 1 is 1.33 bits per heavy atom. The average Bonchev–Trinajstić information content (AvgIpc) is 2.01. The number of ether oxygens (including phenoxy) is 1. The van der Waals surface area contributed by atoms with Crippen LogP contribution in [0, 0.1) is 5.41 Å². The van der Waals surface area contributed by atoms with E-state index in [0.717, 1.165) is 0 Å². The lowest BCUT2D eigenvalue weighted by atomic mass is 9.86. The van der Waals surface area contributed by atoms with Crippen molar-refractivity contribution >= 4 is 11.9 Å². The third-order valence-corrected chi connectivity index (χ3v) is 1.75. The molecule has 0 radical (unpaired) electrons. The highest BCUT2D eigenvalue weighted by Gasteiger charge is 2.51. The highest BCUT2D eigenvalue weighted by molar-refractivity contribution is 5.98. The van der Waals surface area contributed by atoms with Crippen LogP contribution in [0.2, 0.25) is 0 Å². The molecule has 0 aromatic carbocycles. The molecule has 88 valence electrons. The van der Waals surface area contributed by atoms with E-state index in [1.54, 1.807) is 0 Å². The average molecular weight is 228 g/mol. The van der Waals surface area contributed by atoms with Gasteiger partial charge in [0.1, 0.15) is 0 Å². The van der Waals surface area contributed by atoms with Crippen LogP contribution in [0.4, 0.5) is 13.2 Å². The standard InChI is InChI=1S/C8H11F3O4/c1-3-15-6(14)7(2,5(12)13)4-8(9,10)11/h3-4H2,1-2H3,(H,12,13). The van der Waals surface area contributed by atoms with Gasteiger partial charge in [-0.3, -0.25) is 9.59 Å². The van der Waals surface area contributed by atoms with Crippen molar-refractivity contribution in [3.8, 4) is 0 Å². The van der Waals surface area contributed by atoms with Gasteiger partial charge < -0.3 is 9.84 Å². The first-order valence-corrected chi connectivity index (χ1v) is 4.11. The number of esters is 1. The van der Waals surface area contributed by atoms with E-state index in [-0.39, 0.29) is 6.61 Å². The van der Waals surface area contributed by atoms with E-state index in [2.05, 4.69) is 4.74 Å². The van der Waals surface area contributed by atoms with Gasteiger partial charge in [-0.15, -0.1) is 0 Å². The second-order valence-electron chi connectivity index (χ2n) is 3.15. The van der Waals surface area contributed by atoms with Crippen molar-refractivity contribution in [2.45, 2.75) is 26.4 Å². The Morgan fingerprint density at radius 2 is 1.80 bits per heavy atom. The number of halogens is 3. The summed E-state index contributed by atoms with van der Waals surface area (Å²) >= 11 is 0. The summed E-state index contributed by atoms with van der Waals surface area (Å²) in [6, 6.07) is 0. The Balaban J connectivity index is 4.91. The molecule has 0 amide bonds. The summed E-state index contributed by atoms with van der Waals surface area (Å²) in [5.41, 5.74) is -2.58. The first kappa shape index (κ1) is 13.7. The monoisotopic (exact) mass is 228 g/mol. The van der Waals surface area contributed by atoms with E-state index in [9.17, 15) is 22.8 Å². The molecule has 0 saturated heterocycles. The van der Waals surface area contributed by atoms with E-state index in [1.165, 1.54) is 6.92 Å². The first-order chi connectivity index (χ1) is 6.63. The Labute approximate surface area is 84.0 Å². The molecule has 0 heterocycles. The van der Waals surface area contributed by atoms with Crippen LogP contribution in [0.1, 0.15) is 20.3 Å². The van der Waals surface area contributed by atoms with Crippen molar-refractivity contribution in [1.82, 2.24) is 0 Å². The SMILES string of the molecule is CCOC(=O)C(C)(CC(F)(F)F)C(=O)O. The molecule has 0 aliphatic carbocycles. The van der Waals surface area contributed by atoms with Gasteiger partial charge in [0.15, 0.2) is 5.41 Å². The Kier molecular flexibility index (Phi) is 4.12. The van der Waals surface area contributed by atoms with Crippen molar-refractivity contribution in [3.63, 3.8) is 0 Å². The lowest BCUT2D eigenvalue weighted by molar-refractivity contribution is -0.191. The molecule has 0 fully saturated rings. The van der Waals surface area contributed by atoms with Crippen LogP contribution in [0.15, 0.2) is 0 Å². The van der Waals surface area contributed by atoms with Gasteiger partial charge in [0.25, 0.3) is 0 Å². The molecule has 4 nitrogen and oxygen atoms in total. The molecule has 0 bridgehead atoms. The predicted molar refractivity (Wildman–Crippen MR) is 43.0 cm³/mol. The van der Waals surface area contributed by atoms with E-state index in [4.69, 9.17) is 5.11 Å². The molecule has 0 aromatic heterocycles. The number of hydrogen-bond acceptors (Lipinski definition) is 3. The normalized spacial score (nSPS) is 15.5. The number of alkyl halides is 3. The van der Waals surface area contributed by atoms with Crippen LogP contribution in [-0.4, -0.2) is 29.8 Å². The third-order valence-electron chi connectivity index (χ3n) is 1.75. The number of aliphatic carboxylic acids is 1. The van der Waals surface area contributed by atoms with Crippen LogP contribution >= 0.6 is 0 Å². The van der Waals surface area contributed by atoms with Gasteiger partial charge in [0.05, 0.1) is 13.0 Å². The molecule has 0 saturated carbocycles. The predicted octanol–water partition coefficient (Wildman–Crippen LogP) is 1.59. The van der Waals surface area contributed by atoms with Crippen LogP contribution in [-0.2, 0) is 14.3 Å². The molecule has 0 rings (SSSR count). The zero-order chi connectivity index (χ0) is 12.3. The topological polar surface area (TPSA) is 63.6 Å². The van der Waals surface area contributed by atoms with Gasteiger partial charge in [-0.2, -0.15) is 13.2 Å². The zero-order valence-corrected chi connectivity index (χ0v) is 8.22. The van der Waals surface area contributed by atoms with Crippen molar-refractivity contribution in [1.29, 1.82) is 0 Å². The summed E-state index contributed by atoms with van der Waals surface area (Å²) in [4.78, 5) is 21.7. The summed E-state index contributed by atoms with van der Waals surface area (Å²) in [5, 5.41) is 8.59. The van der Waals surface area contributed by atoms with E-state index >= 15 is 0 Å². The van der Waals surface area contributed by atoms with E-state index in [0.29, 0.717) is 6.92 Å². The molecule has 15 heavy (non-hydrogen) atoms. The molecule has 7 heteroatoms. The van der Waals surface area contributed by atoms with Crippen molar-refractivity contribution in [2.24, 2.45) is 5.41 Å². The molecule has 1 N–H and O–H groups in total. The molecule has 1 atom stereocenters. The van der Waals surface area contributed by atoms with Gasteiger partial charge in [0.2, 0.25) is 0 Å². The second kappa shape index (κ2) is 4.50. The third kappa shape index (κ3) is 3.77. The highest BCUT2D eigenvalue weighted by Crippen LogP contribution is 2.34. The summed E-state index contributed by atoms with van der Waals surface area (Å²) in [5.74, 6) is -3.23. The molecule has 0 aromatic rings. The van der Waals surface area contributed by atoms with Crippen LogP contribution in [0.3, 0.4) is 0 Å². The van der Waals surface area contributed by atoms with Gasteiger partial charge in [-0.1, -0.05) is 0 Å². The Hall–Kier alpha value is -1.27. The van der Waals surface area contributed by atoms with Crippen LogP contribution in [0.5, 0.6) is 0 Å². The maximum Gasteiger partial charge on any atom is 0.390 e. The molecule has 1 unspecified atom stereocenters. The van der Waals surface area contributed by atoms with Gasteiger partial charge >= 0.3 is 18.1 Å². The number of carboxylic acid groups (broad SMARTS) is 1. The van der Waals surface area contributed by atoms with Crippen molar-refractivity contribution in [3.05, 3.63) is 0 Å². The molecular weight excluding hydrogens is 217 g/mol. The molecule has 0 spiro atoms. The number of rotatable bonds is 4. The minimum Gasteiger partial charge on any atom is -0.480 e. The smallest absolute Gasteiger partial charge is 0.390 e. The van der Waals surface area contributed by atoms with Crippen molar-refractivity contribution in [2.75, 3.05) is 6.61 Å². The fourth-order valence-electron chi connectivity index (χ4n) is 0.926. The summed E-state index contributed by atoms with van der Waals surface area (Å²) in [7, 11) is 0. The van der Waals surface area contributed by atoms with Crippen molar-refractivity contribution < 1.29 is 32.6 Å². The highest BCUT2D eigenvalue weighted by atomic mass is 19.4. The first-order valence-electron chi connectivity index (χ1n) is 4.11. The number of carbonyl (C=O) groups is 2. The molecular formula is C8H11F3O4. The van der Waals surface area contributed by atoms with Gasteiger partial charge in [0, 0.05) is 0 Å². The zero-order valence-electron chi connectivity index (χ0n) is 8.22. The number of hydrogen-bond donors (Lipinski definition) is 1. The minimum absolute atomic E-state index is 0.167. The summed E-state index contributed by atoms with van der Waals surface area (Å²) < 4.78 is 40.4. The second-order valence-corrected chi connectivity index (χ2v) is 3.15. The van der Waals surface area contributed by atoms with Crippen LogP contribution in [0.25, 0.3) is 0 Å². The minimum atomic E-state index is -4.74. The van der Waals surface area contributed by atoms with Crippen LogP contribution < -0.4 is 0 Å². The lowest BCUT2D eigenvalue weighted by Crippen LogP contribution is -2.41. The summed E-state index contributed by atoms with van der Waals surface area (Å²) in [6.45, 7) is 1.91. The lowest BCUT2D eigenvalue weighted by Gasteiger charge is -2.23. The van der Waals surface area contributed by atoms with Gasteiger partial charge in [-0.25, -0.2) is 0 Å². The van der Waals surface area contributed by atoms with Gasteiger partial charge in [-0.05, 0) is 13.8 Å². The van der Waals surface area contributed by atoms with E-state index < -0.39 is 30.0 Å². The molecule has 0 aliphatic heterocycles. The fraction of sp³-hybridized carbons (Fsp3) is 0.750. The molecule has 0 aliphatic rings. The van der Waals surface area contributed by atoms with E-state index in [1.807, 2.05) is 0 Å².